The summed E-state index contributed by atoms with van der Waals surface area (Å²) >= 11 is 0. The van der Waals surface area contributed by atoms with Gasteiger partial charge in [-0.25, -0.2) is 4.39 Å². The van der Waals surface area contributed by atoms with Gasteiger partial charge >= 0.3 is 5.97 Å². The molecule has 0 saturated heterocycles. The van der Waals surface area contributed by atoms with Gasteiger partial charge in [0.1, 0.15) is 0 Å². The molecular weight excluding hydrogens is 239 g/mol. The Morgan fingerprint density at radius 3 is 2.28 bits per heavy atom. The van der Waals surface area contributed by atoms with Crippen molar-refractivity contribution in [3.05, 3.63) is 23.0 Å². The molecule has 18 heavy (non-hydrogen) atoms. The second-order valence-corrected chi connectivity index (χ2v) is 4.50. The molecule has 0 aromatic heterocycles. The molecule has 1 aliphatic rings. The summed E-state index contributed by atoms with van der Waals surface area (Å²) in [7, 11) is 2.72. The van der Waals surface area contributed by atoms with E-state index < -0.39 is 17.2 Å². The number of methoxy groups -OCH3 is 2. The smallest absolute Gasteiger partial charge is 0.314 e. The second kappa shape index (κ2) is 4.15. The topological polar surface area (TPSA) is 55.8 Å². The minimum atomic E-state index is -0.948. The molecule has 0 spiro atoms. The monoisotopic (exact) mass is 254 g/mol. The zero-order valence-electron chi connectivity index (χ0n) is 10.5. The number of aliphatic carboxylic acids is 1. The molecule has 1 saturated carbocycles. The Labute approximate surface area is 104 Å². The molecule has 1 aromatic carbocycles. The number of ether oxygens (including phenoxy) is 2. The van der Waals surface area contributed by atoms with E-state index in [1.165, 1.54) is 20.3 Å². The molecule has 1 aliphatic carbocycles. The van der Waals surface area contributed by atoms with Gasteiger partial charge in [0.15, 0.2) is 17.3 Å². The molecule has 0 atom stereocenters. The van der Waals surface area contributed by atoms with E-state index in [1.54, 1.807) is 6.92 Å². The first-order valence-electron chi connectivity index (χ1n) is 5.63. The lowest BCUT2D eigenvalue weighted by molar-refractivity contribution is -0.140. The zero-order chi connectivity index (χ0) is 13.5. The fourth-order valence-corrected chi connectivity index (χ4v) is 2.40. The summed E-state index contributed by atoms with van der Waals surface area (Å²) < 4.78 is 23.9. The number of carbonyl (C=O) groups is 1. The fourth-order valence-electron chi connectivity index (χ4n) is 2.40. The van der Waals surface area contributed by atoms with E-state index in [9.17, 15) is 14.3 Å². The number of carboxylic acids is 1. The molecule has 0 unspecified atom stereocenters. The maximum atomic E-state index is 13.7. The summed E-state index contributed by atoms with van der Waals surface area (Å²) in [4.78, 5) is 11.4. The van der Waals surface area contributed by atoms with Crippen LogP contribution in [0.5, 0.6) is 11.5 Å². The van der Waals surface area contributed by atoms with Crippen LogP contribution in [0.15, 0.2) is 6.07 Å². The Balaban J connectivity index is 2.70. The van der Waals surface area contributed by atoms with E-state index >= 15 is 0 Å². The van der Waals surface area contributed by atoms with Gasteiger partial charge in [-0.15, -0.1) is 0 Å². The molecule has 1 N–H and O–H groups in total. The molecule has 0 heterocycles. The van der Waals surface area contributed by atoms with Crippen molar-refractivity contribution in [1.29, 1.82) is 0 Å². The van der Waals surface area contributed by atoms with Crippen molar-refractivity contribution in [1.82, 2.24) is 0 Å². The van der Waals surface area contributed by atoms with Crippen LogP contribution in [0.2, 0.25) is 0 Å². The van der Waals surface area contributed by atoms with Gasteiger partial charge in [0.05, 0.1) is 19.6 Å². The van der Waals surface area contributed by atoms with Gasteiger partial charge in [0.2, 0.25) is 0 Å². The lowest BCUT2D eigenvalue weighted by atomic mass is 9.90. The highest BCUT2D eigenvalue weighted by atomic mass is 19.1. The molecule has 5 heteroatoms. The average molecular weight is 254 g/mol. The van der Waals surface area contributed by atoms with Crippen molar-refractivity contribution >= 4 is 5.97 Å². The maximum absolute atomic E-state index is 13.7. The molecule has 2 rings (SSSR count). The Kier molecular flexibility index (Phi) is 2.92. The molecular formula is C13H15FO4. The van der Waals surface area contributed by atoms with Crippen molar-refractivity contribution in [3.8, 4) is 11.5 Å². The third-order valence-electron chi connectivity index (χ3n) is 3.43. The lowest BCUT2D eigenvalue weighted by Crippen LogP contribution is -2.22. The summed E-state index contributed by atoms with van der Waals surface area (Å²) in [5.74, 6) is -1.30. The van der Waals surface area contributed by atoms with Crippen molar-refractivity contribution in [2.24, 2.45) is 0 Å². The molecule has 0 amide bonds. The number of halogens is 1. The van der Waals surface area contributed by atoms with E-state index in [0.29, 0.717) is 24.0 Å². The molecule has 4 nitrogen and oxygen atoms in total. The van der Waals surface area contributed by atoms with Crippen LogP contribution in [-0.4, -0.2) is 25.3 Å². The summed E-state index contributed by atoms with van der Waals surface area (Å²) in [6, 6.07) is 1.29. The summed E-state index contributed by atoms with van der Waals surface area (Å²) in [5.41, 5.74) is 0.150. The molecule has 0 radical (unpaired) electrons. The largest absolute Gasteiger partial charge is 0.492 e. The van der Waals surface area contributed by atoms with Gasteiger partial charge < -0.3 is 14.6 Å². The van der Waals surface area contributed by atoms with Crippen LogP contribution in [-0.2, 0) is 10.2 Å². The normalized spacial score (nSPS) is 16.2. The van der Waals surface area contributed by atoms with Crippen LogP contribution >= 0.6 is 0 Å². The Morgan fingerprint density at radius 2 is 1.89 bits per heavy atom. The Bertz CT molecular complexity index is 506. The number of rotatable bonds is 4. The first-order valence-corrected chi connectivity index (χ1v) is 5.63. The number of hydrogen-bond donors (Lipinski definition) is 1. The third kappa shape index (κ3) is 1.62. The highest BCUT2D eigenvalue weighted by Crippen LogP contribution is 2.55. The second-order valence-electron chi connectivity index (χ2n) is 4.50. The number of aryl methyl sites for hydroxylation is 1. The quantitative estimate of drug-likeness (QED) is 0.895. The van der Waals surface area contributed by atoms with E-state index in [-0.39, 0.29) is 11.5 Å². The highest BCUT2D eigenvalue weighted by Gasteiger charge is 2.54. The van der Waals surface area contributed by atoms with Crippen molar-refractivity contribution in [2.45, 2.75) is 25.2 Å². The molecule has 1 fully saturated rings. The molecule has 0 bridgehead atoms. The van der Waals surface area contributed by atoms with Crippen LogP contribution in [0.25, 0.3) is 0 Å². The Morgan fingerprint density at radius 1 is 1.33 bits per heavy atom. The van der Waals surface area contributed by atoms with E-state index in [0.717, 1.165) is 0 Å². The minimum absolute atomic E-state index is 0.0365. The minimum Gasteiger partial charge on any atom is -0.492 e. The number of hydrogen-bond acceptors (Lipinski definition) is 3. The molecule has 0 aliphatic heterocycles. The van der Waals surface area contributed by atoms with Crippen molar-refractivity contribution in [3.63, 3.8) is 0 Å². The van der Waals surface area contributed by atoms with Gasteiger partial charge in [-0.3, -0.25) is 4.79 Å². The zero-order valence-corrected chi connectivity index (χ0v) is 10.5. The summed E-state index contributed by atoms with van der Waals surface area (Å²) in [6.07, 6.45) is 1.07. The van der Waals surface area contributed by atoms with Crippen molar-refractivity contribution in [2.75, 3.05) is 14.2 Å². The maximum Gasteiger partial charge on any atom is 0.314 e. The summed E-state index contributed by atoms with van der Waals surface area (Å²) in [6.45, 7) is 1.68. The van der Waals surface area contributed by atoms with Crippen LogP contribution in [0.4, 0.5) is 4.39 Å². The van der Waals surface area contributed by atoms with Crippen molar-refractivity contribution < 1.29 is 23.8 Å². The van der Waals surface area contributed by atoms with E-state index in [2.05, 4.69) is 0 Å². The lowest BCUT2D eigenvalue weighted by Gasteiger charge is -2.20. The standard InChI is InChI=1S/C13H15FO4/c1-7-6-8(14)10(17-2)11(18-3)9(7)13(4-5-13)12(15)16/h6H,4-5H2,1-3H3,(H,15,16). The number of benzene rings is 1. The van der Waals surface area contributed by atoms with Gasteiger partial charge in [-0.1, -0.05) is 0 Å². The van der Waals surface area contributed by atoms with Crippen LogP contribution in [0.1, 0.15) is 24.0 Å². The first kappa shape index (κ1) is 12.7. The van der Waals surface area contributed by atoms with E-state index in [1.807, 2.05) is 0 Å². The summed E-state index contributed by atoms with van der Waals surface area (Å²) in [5, 5.41) is 9.34. The average Bonchev–Trinajstić information content (AvgIpc) is 3.09. The van der Waals surface area contributed by atoms with Gasteiger partial charge in [0, 0.05) is 5.56 Å². The number of carboxylic acid groups (broad SMARTS) is 1. The van der Waals surface area contributed by atoms with Gasteiger partial charge in [0.25, 0.3) is 0 Å². The Hall–Kier alpha value is -1.78. The predicted octanol–water partition coefficient (Wildman–Crippen LogP) is 2.27. The van der Waals surface area contributed by atoms with Crippen LogP contribution in [0.3, 0.4) is 0 Å². The van der Waals surface area contributed by atoms with Gasteiger partial charge in [-0.05, 0) is 31.4 Å². The van der Waals surface area contributed by atoms with Gasteiger partial charge in [-0.2, -0.15) is 0 Å². The predicted molar refractivity (Wildman–Crippen MR) is 62.8 cm³/mol. The van der Waals surface area contributed by atoms with E-state index in [4.69, 9.17) is 9.47 Å². The third-order valence-corrected chi connectivity index (χ3v) is 3.43. The fraction of sp³-hybridized carbons (Fsp3) is 0.462. The van der Waals surface area contributed by atoms with Crippen LogP contribution in [0, 0.1) is 12.7 Å². The SMILES string of the molecule is COc1c(F)cc(C)c(C2(C(=O)O)CC2)c1OC. The molecule has 1 aromatic rings. The highest BCUT2D eigenvalue weighted by molar-refractivity contribution is 5.87. The first-order chi connectivity index (χ1) is 8.47. The van der Waals surface area contributed by atoms with Crippen LogP contribution < -0.4 is 9.47 Å². The molecule has 98 valence electrons.